The molecule has 5 nitrogen and oxygen atoms in total. The largest absolute Gasteiger partial charge is 0.490 e. The Morgan fingerprint density at radius 2 is 1.62 bits per heavy atom. The molecule has 0 aliphatic carbocycles. The fourth-order valence-corrected chi connectivity index (χ4v) is 4.30. The Morgan fingerprint density at radius 1 is 0.962 bits per heavy atom. The molecule has 130 valence electrons. The van der Waals surface area contributed by atoms with Gasteiger partial charge in [0.15, 0.2) is 0 Å². The van der Waals surface area contributed by atoms with Crippen LogP contribution in [0.4, 0.5) is 0 Å². The molecule has 3 aromatic carbocycles. The van der Waals surface area contributed by atoms with E-state index >= 15 is 0 Å². The molecule has 0 unspecified atom stereocenters. The normalized spacial score (nSPS) is 15.7. The summed E-state index contributed by atoms with van der Waals surface area (Å²) in [5, 5.41) is 19.2. The van der Waals surface area contributed by atoms with E-state index in [9.17, 15) is 18.5 Å². The van der Waals surface area contributed by atoms with Crippen molar-refractivity contribution in [2.45, 2.75) is 11.8 Å². The monoisotopic (exact) mass is 372 g/mol. The molecular weight excluding hydrogens is 349 g/mol. The van der Waals surface area contributed by atoms with Crippen LogP contribution in [0.1, 0.15) is 15.2 Å². The second-order valence-electron chi connectivity index (χ2n) is 5.69. The van der Waals surface area contributed by atoms with Crippen LogP contribution in [0, 0.1) is 6.92 Å². The number of fused-ring (bicyclic) bond motifs is 3. The average Bonchev–Trinajstić information content (AvgIpc) is 3.11. The lowest BCUT2D eigenvalue weighted by Gasteiger charge is -2.12. The standard InChI is InChI=1S/C19H16BNO4S/c1-13-9-11-14(12-10-13)26(24,25)21-18-8-3-2-5-15(18)16-6-4-7-17(19(16)21)20(22)23/h2-12,22-23H,1H3/i2D,3D,4D,5D,6D,7D,8D. The predicted molar refractivity (Wildman–Crippen MR) is 103 cm³/mol. The highest BCUT2D eigenvalue weighted by Gasteiger charge is 2.27. The van der Waals surface area contributed by atoms with Crippen LogP contribution < -0.4 is 5.46 Å². The van der Waals surface area contributed by atoms with Crippen molar-refractivity contribution in [1.82, 2.24) is 3.97 Å². The van der Waals surface area contributed by atoms with Crippen LogP contribution >= 0.6 is 0 Å². The summed E-state index contributed by atoms with van der Waals surface area (Å²) in [6.07, 6.45) is 0. The molecule has 1 heterocycles. The van der Waals surface area contributed by atoms with Crippen LogP contribution in [-0.4, -0.2) is 29.6 Å². The number of nitrogens with zero attached hydrogens (tertiary/aromatic N) is 1. The number of hydrogen-bond acceptors (Lipinski definition) is 4. The zero-order valence-corrected chi connectivity index (χ0v) is 14.3. The highest BCUT2D eigenvalue weighted by molar-refractivity contribution is 7.90. The Balaban J connectivity index is 2.43. The molecule has 0 atom stereocenters. The Bertz CT molecular complexity index is 1590. The van der Waals surface area contributed by atoms with E-state index in [0.717, 1.165) is 5.56 Å². The molecule has 0 bridgehead atoms. The van der Waals surface area contributed by atoms with E-state index < -0.39 is 81.3 Å². The lowest BCUT2D eigenvalue weighted by atomic mass is 9.79. The average molecular weight is 372 g/mol. The van der Waals surface area contributed by atoms with Gasteiger partial charge in [0.05, 0.1) is 25.5 Å². The van der Waals surface area contributed by atoms with Crippen molar-refractivity contribution in [3.8, 4) is 0 Å². The van der Waals surface area contributed by atoms with Crippen molar-refractivity contribution in [3.63, 3.8) is 0 Å². The van der Waals surface area contributed by atoms with E-state index in [1.54, 1.807) is 6.92 Å². The molecule has 2 N–H and O–H groups in total. The summed E-state index contributed by atoms with van der Waals surface area (Å²) in [6.45, 7) is 1.74. The molecule has 0 aliphatic rings. The highest BCUT2D eigenvalue weighted by atomic mass is 32.2. The van der Waals surface area contributed by atoms with Crippen molar-refractivity contribution in [2.75, 3.05) is 0 Å². The molecule has 26 heavy (non-hydrogen) atoms. The maximum atomic E-state index is 13.8. The van der Waals surface area contributed by atoms with E-state index in [4.69, 9.17) is 9.60 Å². The first-order chi connectivity index (χ1) is 15.3. The third-order valence-electron chi connectivity index (χ3n) is 4.02. The fraction of sp³-hybridized carbons (Fsp3) is 0.0526. The molecule has 0 saturated carbocycles. The topological polar surface area (TPSA) is 79.5 Å². The molecule has 0 radical (unpaired) electrons. The van der Waals surface area contributed by atoms with E-state index in [-0.39, 0.29) is 10.3 Å². The van der Waals surface area contributed by atoms with Crippen molar-refractivity contribution in [1.29, 1.82) is 0 Å². The van der Waals surface area contributed by atoms with Crippen LogP contribution in [0.3, 0.4) is 0 Å². The summed E-state index contributed by atoms with van der Waals surface area (Å²) in [5.41, 5.74) is -1.02. The number of aromatic nitrogens is 1. The van der Waals surface area contributed by atoms with Gasteiger partial charge < -0.3 is 10.0 Å². The quantitative estimate of drug-likeness (QED) is 0.540. The van der Waals surface area contributed by atoms with Crippen molar-refractivity contribution < 1.29 is 28.1 Å². The van der Waals surface area contributed by atoms with Gasteiger partial charge in [-0.2, -0.15) is 0 Å². The van der Waals surface area contributed by atoms with Gasteiger partial charge in [0, 0.05) is 16.2 Å². The number of rotatable bonds is 3. The van der Waals surface area contributed by atoms with Gasteiger partial charge in [-0.25, -0.2) is 12.4 Å². The van der Waals surface area contributed by atoms with E-state index in [2.05, 4.69) is 0 Å². The van der Waals surface area contributed by atoms with Gasteiger partial charge in [0.1, 0.15) is 0 Å². The van der Waals surface area contributed by atoms with Gasteiger partial charge in [-0.1, -0.05) is 54.0 Å². The minimum absolute atomic E-state index is 0.259. The Hall–Kier alpha value is -2.61. The number of para-hydroxylation sites is 2. The summed E-state index contributed by atoms with van der Waals surface area (Å²) in [5.74, 6) is 0. The minimum Gasteiger partial charge on any atom is -0.423 e. The van der Waals surface area contributed by atoms with Crippen LogP contribution in [0.25, 0.3) is 21.8 Å². The van der Waals surface area contributed by atoms with E-state index in [1.165, 1.54) is 24.3 Å². The zero-order chi connectivity index (χ0) is 24.6. The first-order valence-corrected chi connectivity index (χ1v) is 8.98. The van der Waals surface area contributed by atoms with Crippen molar-refractivity contribution in [2.24, 2.45) is 0 Å². The van der Waals surface area contributed by atoms with Gasteiger partial charge >= 0.3 is 7.12 Å². The molecule has 0 amide bonds. The van der Waals surface area contributed by atoms with Crippen molar-refractivity contribution >= 4 is 44.4 Å². The minimum atomic E-state index is -4.62. The van der Waals surface area contributed by atoms with Crippen LogP contribution in [0.15, 0.2) is 71.5 Å². The molecule has 0 spiro atoms. The third kappa shape index (κ3) is 2.44. The number of hydrogen-bond donors (Lipinski definition) is 2. The summed E-state index contributed by atoms with van der Waals surface area (Å²) in [6, 6.07) is 0.578. The first-order valence-electron chi connectivity index (χ1n) is 11.0. The van der Waals surface area contributed by atoms with Crippen LogP contribution in [0.2, 0.25) is 0 Å². The second-order valence-corrected chi connectivity index (χ2v) is 7.48. The summed E-state index contributed by atoms with van der Waals surface area (Å²) in [4.78, 5) is -0.259. The van der Waals surface area contributed by atoms with E-state index in [1.807, 2.05) is 0 Å². The van der Waals surface area contributed by atoms with Crippen LogP contribution in [0.5, 0.6) is 0 Å². The highest BCUT2D eigenvalue weighted by Crippen LogP contribution is 2.31. The van der Waals surface area contributed by atoms with E-state index in [0.29, 0.717) is 3.97 Å². The number of benzene rings is 3. The SMILES string of the molecule is [2H]c1c([2H])c([2H])c2c(c1[2H])c1c([2H])c([2H])c([2H])c(B(O)O)c1n2S(=O)(=O)c1ccc(C)cc1. The lowest BCUT2D eigenvalue weighted by Crippen LogP contribution is -2.32. The Kier molecular flexibility index (Phi) is 2.42. The maximum Gasteiger partial charge on any atom is 0.490 e. The molecule has 0 fully saturated rings. The van der Waals surface area contributed by atoms with Gasteiger partial charge in [-0.15, -0.1) is 0 Å². The molecule has 1 aromatic heterocycles. The predicted octanol–water partition coefficient (Wildman–Crippen LogP) is 2.02. The smallest absolute Gasteiger partial charge is 0.423 e. The molecular formula is C19H16BNO4S. The maximum absolute atomic E-state index is 13.8. The molecule has 0 aliphatic heterocycles. The first kappa shape index (κ1) is 10.5. The van der Waals surface area contributed by atoms with Gasteiger partial charge in [-0.05, 0) is 25.1 Å². The summed E-state index contributed by atoms with van der Waals surface area (Å²) < 4.78 is 85.3. The molecule has 4 rings (SSSR count). The molecule has 4 aromatic rings. The number of aryl methyl sites for hydroxylation is 1. The molecule has 7 heteroatoms. The Morgan fingerprint density at radius 3 is 2.31 bits per heavy atom. The van der Waals surface area contributed by atoms with Crippen LogP contribution in [-0.2, 0) is 10.0 Å². The van der Waals surface area contributed by atoms with Gasteiger partial charge in [0.25, 0.3) is 10.0 Å². The Labute approximate surface area is 161 Å². The molecule has 0 saturated heterocycles. The summed E-state index contributed by atoms with van der Waals surface area (Å²) in [7, 11) is -7.04. The van der Waals surface area contributed by atoms with Crippen molar-refractivity contribution in [3.05, 3.63) is 72.1 Å². The fourth-order valence-electron chi connectivity index (χ4n) is 2.80. The van der Waals surface area contributed by atoms with Gasteiger partial charge in [-0.3, -0.25) is 0 Å². The van der Waals surface area contributed by atoms with Gasteiger partial charge in [0.2, 0.25) is 0 Å². The summed E-state index contributed by atoms with van der Waals surface area (Å²) >= 11 is 0. The second kappa shape index (κ2) is 5.98. The third-order valence-corrected chi connectivity index (χ3v) is 5.73. The lowest BCUT2D eigenvalue weighted by molar-refractivity contribution is 0.426. The zero-order valence-electron chi connectivity index (χ0n) is 20.5.